The lowest BCUT2D eigenvalue weighted by Gasteiger charge is -2.48. The molecular weight excluding hydrogens is 652 g/mol. The summed E-state index contributed by atoms with van der Waals surface area (Å²) in [6, 6.07) is 13.7. The van der Waals surface area contributed by atoms with E-state index < -0.39 is 55.5 Å². The van der Waals surface area contributed by atoms with Gasteiger partial charge in [-0.2, -0.15) is 18.5 Å². The molecule has 1 aromatic heterocycles. The summed E-state index contributed by atoms with van der Waals surface area (Å²) in [4.78, 5) is 36.0. The summed E-state index contributed by atoms with van der Waals surface area (Å²) in [7, 11) is -2.37. The second-order valence-electron chi connectivity index (χ2n) is 11.9. The number of quaternary nitrogens is 1. The second-order valence-corrected chi connectivity index (χ2v) is 13.9. The normalized spacial score (nSPS) is 24.3. The van der Waals surface area contributed by atoms with E-state index in [4.69, 9.17) is 18.9 Å². The SMILES string of the molecule is CCOc1ncccc1C1C(=O)[N+](C(=O)OC2CNc3ccccc32)(S(=O)(=O)c2ccc(OC)cc2OC)CC(C#N)N1C1CCNCC1. The van der Waals surface area contributed by atoms with Gasteiger partial charge in [0.25, 0.3) is 0 Å². The number of carbonyl (C=O) groups excluding carboxylic acids is 2. The number of piperidine rings is 1. The van der Waals surface area contributed by atoms with Crippen LogP contribution in [0.5, 0.6) is 17.4 Å². The molecule has 3 aliphatic rings. The van der Waals surface area contributed by atoms with E-state index in [1.165, 1.54) is 38.6 Å². The minimum Gasteiger partial charge on any atom is -0.497 e. The van der Waals surface area contributed by atoms with Crippen molar-refractivity contribution in [1.82, 2.24) is 15.2 Å². The third-order valence-electron chi connectivity index (χ3n) is 9.32. The number of piperazine rings is 1. The molecule has 0 spiro atoms. The Morgan fingerprint density at radius 3 is 2.55 bits per heavy atom. The summed E-state index contributed by atoms with van der Waals surface area (Å²) in [6.07, 6.45) is 0.431. The van der Waals surface area contributed by atoms with E-state index in [-0.39, 0.29) is 36.4 Å². The van der Waals surface area contributed by atoms with Gasteiger partial charge in [-0.3, -0.25) is 4.90 Å². The van der Waals surface area contributed by atoms with Crippen molar-refractivity contribution in [3.05, 3.63) is 71.9 Å². The number of para-hydroxylation sites is 1. The van der Waals surface area contributed by atoms with Crippen LogP contribution in [0.2, 0.25) is 0 Å². The third kappa shape index (κ3) is 5.84. The van der Waals surface area contributed by atoms with Crippen LogP contribution >= 0.6 is 0 Å². The standard InChI is InChI=1S/C34H39N6O8S/c1-4-47-32-26(9-7-15-37-32)31-33(41)40(21-23(19-35)39(31)22-13-16-36-17-14-22,34(42)48-29-20-38-27-10-6-5-8-25(27)29)49(43,44)30-12-11-24(45-2)18-28(30)46-3/h5-12,15,18,22-23,29,31,36,38H,4,13-14,16-17,20-21H2,1-3H3/q+1. The maximum atomic E-state index is 15.5. The monoisotopic (exact) mass is 691 g/mol. The number of aromatic nitrogens is 1. The maximum Gasteiger partial charge on any atom is 0.540 e. The van der Waals surface area contributed by atoms with Crippen molar-refractivity contribution in [3.8, 4) is 23.4 Å². The molecule has 258 valence electrons. The topological polar surface area (TPSA) is 169 Å². The van der Waals surface area contributed by atoms with Gasteiger partial charge in [-0.25, -0.2) is 9.78 Å². The van der Waals surface area contributed by atoms with Crippen LogP contribution in [0.1, 0.15) is 43.0 Å². The Balaban J connectivity index is 1.59. The van der Waals surface area contributed by atoms with Gasteiger partial charge in [-0.15, -0.1) is 0 Å². The van der Waals surface area contributed by atoms with Crippen LogP contribution in [0.3, 0.4) is 0 Å². The fourth-order valence-corrected chi connectivity index (χ4v) is 8.86. The molecule has 0 aliphatic carbocycles. The Bertz CT molecular complexity index is 1880. The molecule has 2 N–H and O–H groups in total. The molecule has 2 fully saturated rings. The van der Waals surface area contributed by atoms with Crippen LogP contribution in [0.25, 0.3) is 0 Å². The highest BCUT2D eigenvalue weighted by molar-refractivity contribution is 7.86. The van der Waals surface area contributed by atoms with E-state index in [0.717, 1.165) is 5.69 Å². The highest BCUT2D eigenvalue weighted by Crippen LogP contribution is 2.46. The van der Waals surface area contributed by atoms with Gasteiger partial charge < -0.3 is 29.6 Å². The molecule has 15 heteroatoms. The number of nitrogens with zero attached hydrogens (tertiary/aromatic N) is 4. The van der Waals surface area contributed by atoms with E-state index in [9.17, 15) is 10.1 Å². The van der Waals surface area contributed by atoms with Crippen LogP contribution < -0.4 is 24.8 Å². The molecule has 2 aromatic carbocycles. The Kier molecular flexibility index (Phi) is 9.75. The van der Waals surface area contributed by atoms with Crippen molar-refractivity contribution in [2.45, 2.75) is 48.9 Å². The zero-order valence-corrected chi connectivity index (χ0v) is 28.3. The number of hydrogen-bond donors (Lipinski definition) is 2. The van der Waals surface area contributed by atoms with Crippen molar-refractivity contribution >= 4 is 27.7 Å². The highest BCUT2D eigenvalue weighted by atomic mass is 32.2. The van der Waals surface area contributed by atoms with Crippen LogP contribution in [-0.2, 0) is 19.6 Å². The molecule has 2 amide bonds. The number of amides is 2. The molecule has 2 saturated heterocycles. The number of ether oxygens (including phenoxy) is 4. The van der Waals surface area contributed by atoms with E-state index in [0.29, 0.717) is 37.2 Å². The van der Waals surface area contributed by atoms with Gasteiger partial charge in [0.15, 0.2) is 23.1 Å². The number of sulfonamides is 1. The Morgan fingerprint density at radius 2 is 1.84 bits per heavy atom. The molecule has 0 saturated carbocycles. The fraction of sp³-hybridized carbons (Fsp3) is 0.412. The summed E-state index contributed by atoms with van der Waals surface area (Å²) in [5.74, 6) is -0.764. The van der Waals surface area contributed by atoms with Gasteiger partial charge in [0.1, 0.15) is 18.0 Å². The lowest BCUT2D eigenvalue weighted by Crippen LogP contribution is -2.73. The van der Waals surface area contributed by atoms with Crippen molar-refractivity contribution in [2.24, 2.45) is 0 Å². The number of methoxy groups -OCH3 is 2. The van der Waals surface area contributed by atoms with Crippen LogP contribution in [0, 0.1) is 11.3 Å². The van der Waals surface area contributed by atoms with Crippen molar-refractivity contribution in [1.29, 1.82) is 5.26 Å². The van der Waals surface area contributed by atoms with Crippen molar-refractivity contribution < 1.29 is 40.8 Å². The van der Waals surface area contributed by atoms with E-state index in [1.54, 1.807) is 36.1 Å². The van der Waals surface area contributed by atoms with E-state index in [1.807, 2.05) is 12.1 Å². The van der Waals surface area contributed by atoms with Gasteiger partial charge in [-0.05, 0) is 67.1 Å². The smallest absolute Gasteiger partial charge is 0.497 e. The first kappa shape index (κ1) is 34.1. The minimum atomic E-state index is -5.06. The molecule has 4 heterocycles. The van der Waals surface area contributed by atoms with Crippen LogP contribution in [-0.4, -0.2) is 93.3 Å². The highest BCUT2D eigenvalue weighted by Gasteiger charge is 2.68. The lowest BCUT2D eigenvalue weighted by molar-refractivity contribution is -0.666. The zero-order chi connectivity index (χ0) is 34.8. The Hall–Kier alpha value is -4.75. The fourth-order valence-electron chi connectivity index (χ4n) is 6.97. The molecule has 49 heavy (non-hydrogen) atoms. The number of pyridine rings is 1. The first-order valence-corrected chi connectivity index (χ1v) is 17.5. The summed E-state index contributed by atoms with van der Waals surface area (Å²) < 4.78 is 51.3. The number of nitriles is 1. The first-order chi connectivity index (χ1) is 23.7. The minimum absolute atomic E-state index is 0.0979. The zero-order valence-electron chi connectivity index (χ0n) is 27.5. The van der Waals surface area contributed by atoms with Gasteiger partial charge in [0, 0.05) is 35.1 Å². The molecule has 4 atom stereocenters. The van der Waals surface area contributed by atoms with Gasteiger partial charge in [0.05, 0.1) is 33.4 Å². The largest absolute Gasteiger partial charge is 0.540 e. The summed E-state index contributed by atoms with van der Waals surface area (Å²) >= 11 is 0. The number of rotatable bonds is 9. The molecule has 3 aromatic rings. The maximum absolute atomic E-state index is 15.5. The number of hydrogen-bond acceptors (Lipinski definition) is 13. The summed E-state index contributed by atoms with van der Waals surface area (Å²) in [5.41, 5.74) is 1.60. The van der Waals surface area contributed by atoms with E-state index >= 15 is 13.2 Å². The summed E-state index contributed by atoms with van der Waals surface area (Å²) in [6.45, 7) is 2.66. The van der Waals surface area contributed by atoms with Crippen molar-refractivity contribution in [2.75, 3.05) is 52.3 Å². The molecule has 0 radical (unpaired) electrons. The molecular formula is C34H39N6O8S+. The number of carbonyl (C=O) groups is 2. The van der Waals surface area contributed by atoms with Crippen LogP contribution in [0.4, 0.5) is 10.5 Å². The predicted octanol–water partition coefficient (Wildman–Crippen LogP) is 3.53. The first-order valence-electron chi connectivity index (χ1n) is 16.1. The second kappa shape index (κ2) is 14.0. The number of anilines is 1. The van der Waals surface area contributed by atoms with Gasteiger partial charge >= 0.3 is 22.0 Å². The molecule has 0 bridgehead atoms. The molecule has 6 rings (SSSR count). The average Bonchev–Trinajstić information content (AvgIpc) is 3.54. The van der Waals surface area contributed by atoms with Gasteiger partial charge in [0.2, 0.25) is 5.88 Å². The quantitative estimate of drug-likeness (QED) is 0.313. The Morgan fingerprint density at radius 1 is 1.08 bits per heavy atom. The third-order valence-corrected chi connectivity index (χ3v) is 11.5. The van der Waals surface area contributed by atoms with E-state index in [2.05, 4.69) is 21.7 Å². The predicted molar refractivity (Wildman–Crippen MR) is 176 cm³/mol. The average molecular weight is 692 g/mol. The summed E-state index contributed by atoms with van der Waals surface area (Å²) in [5, 5.41) is 17.2. The molecule has 14 nitrogen and oxygen atoms in total. The lowest BCUT2D eigenvalue weighted by atomic mass is 9.93. The van der Waals surface area contributed by atoms with Crippen LogP contribution in [0.15, 0.2) is 65.7 Å². The Labute approximate surface area is 285 Å². The van der Waals surface area contributed by atoms with Gasteiger partial charge in [-0.1, -0.05) is 18.2 Å². The number of fused-ring (bicyclic) bond motifs is 1. The number of imide groups is 1. The molecule has 3 aliphatic heterocycles. The number of benzene rings is 2. The van der Waals surface area contributed by atoms with Crippen molar-refractivity contribution in [3.63, 3.8) is 0 Å². The number of nitrogens with one attached hydrogen (secondary N) is 2. The molecule has 4 unspecified atom stereocenters.